The van der Waals surface area contributed by atoms with Crippen molar-refractivity contribution in [1.29, 1.82) is 0 Å². The highest BCUT2D eigenvalue weighted by Crippen LogP contribution is 2.30. The van der Waals surface area contributed by atoms with Gasteiger partial charge in [0.25, 0.3) is 0 Å². The molecular formula is C63H101NO13. The molecule has 0 aromatic heterocycles. The maximum absolute atomic E-state index is 13.2. The summed E-state index contributed by atoms with van der Waals surface area (Å²) in [4.78, 5) is 13.2. The van der Waals surface area contributed by atoms with E-state index < -0.39 is 86.8 Å². The number of carbonyl (C=O) groups excluding carboxylic acids is 1. The number of allylic oxidation sites excluding steroid dienone is 21. The van der Waals surface area contributed by atoms with Gasteiger partial charge in [0.15, 0.2) is 12.6 Å². The van der Waals surface area contributed by atoms with Crippen molar-refractivity contribution in [3.05, 3.63) is 134 Å². The zero-order valence-electron chi connectivity index (χ0n) is 46.6. The average molecular weight is 1080 g/mol. The first-order chi connectivity index (χ1) is 37.6. The van der Waals surface area contributed by atoms with Gasteiger partial charge in [-0.3, -0.25) is 4.79 Å². The molecule has 0 aromatic rings. The molecule has 2 saturated heterocycles. The molecule has 2 aliphatic rings. The van der Waals surface area contributed by atoms with Gasteiger partial charge in [-0.25, -0.2) is 0 Å². The lowest BCUT2D eigenvalue weighted by molar-refractivity contribution is -0.359. The number of amides is 1. The molecule has 1 amide bonds. The molecule has 0 saturated carbocycles. The number of rotatable bonds is 43. The maximum atomic E-state index is 13.2. The fourth-order valence-electron chi connectivity index (χ4n) is 8.40. The second-order valence-corrected chi connectivity index (χ2v) is 19.7. The third-order valence-corrected chi connectivity index (χ3v) is 13.1. The standard InChI is InChI=1S/C63H101NO13/c1-3-5-7-9-11-13-14-15-16-17-18-19-20-21-22-23-24-25-26-27-28-29-30-31-32-33-34-35-36-37-38-39-41-43-45-47-55(68)64-51(52(67)46-44-42-40-12-10-8-6-4-2)50-74-62-60(73)58(71)61(54(49-66)76-62)77-63-59(72)57(70)56(69)53(48-65)75-63/h5,7,10-13,15-16,18-19,21-22,24-25,27-28,30-31,33-34,44,46,51-54,56-63,65-67,69-73H,3-4,6,8-9,14,17,20,23,26,29,32,35-43,45,47-50H2,1-2H3,(H,64,68)/b7-5-,12-10+,13-11-,16-15-,19-18-,22-21-,25-24-,28-27-,31-30-,34-33-,46-44+. The van der Waals surface area contributed by atoms with Crippen LogP contribution in [-0.4, -0.2) is 140 Å². The first-order valence-electron chi connectivity index (χ1n) is 28.9. The molecule has 14 heteroatoms. The van der Waals surface area contributed by atoms with Crippen molar-refractivity contribution in [1.82, 2.24) is 5.32 Å². The van der Waals surface area contributed by atoms with E-state index in [1.54, 1.807) is 6.08 Å². The Labute approximate surface area is 462 Å². The van der Waals surface area contributed by atoms with E-state index in [0.717, 1.165) is 128 Å². The summed E-state index contributed by atoms with van der Waals surface area (Å²) >= 11 is 0. The summed E-state index contributed by atoms with van der Waals surface area (Å²) < 4.78 is 22.6. The number of hydrogen-bond acceptors (Lipinski definition) is 13. The molecule has 0 aromatic carbocycles. The third-order valence-electron chi connectivity index (χ3n) is 13.1. The van der Waals surface area contributed by atoms with Crippen molar-refractivity contribution in [3.8, 4) is 0 Å². The Morgan fingerprint density at radius 2 is 0.909 bits per heavy atom. The van der Waals surface area contributed by atoms with E-state index in [2.05, 4.69) is 141 Å². The summed E-state index contributed by atoms with van der Waals surface area (Å²) in [6.45, 7) is 2.53. The van der Waals surface area contributed by atoms with E-state index >= 15 is 0 Å². The summed E-state index contributed by atoms with van der Waals surface area (Å²) in [5, 5.41) is 86.6. The number of nitrogens with one attached hydrogen (secondary N) is 1. The van der Waals surface area contributed by atoms with Gasteiger partial charge in [0.2, 0.25) is 5.91 Å². The summed E-state index contributed by atoms with van der Waals surface area (Å²) in [6, 6.07) is -0.945. The van der Waals surface area contributed by atoms with Crippen LogP contribution < -0.4 is 5.32 Å². The molecule has 0 aliphatic carbocycles. The zero-order chi connectivity index (χ0) is 56.0. The van der Waals surface area contributed by atoms with E-state index in [-0.39, 0.29) is 18.9 Å². The van der Waals surface area contributed by atoms with Gasteiger partial charge in [0.05, 0.1) is 32.0 Å². The molecule has 0 spiro atoms. The Morgan fingerprint density at radius 3 is 1.43 bits per heavy atom. The Kier molecular flexibility index (Phi) is 42.2. The van der Waals surface area contributed by atoms with E-state index in [1.165, 1.54) is 0 Å². The molecule has 2 fully saturated rings. The van der Waals surface area contributed by atoms with Crippen LogP contribution in [0.5, 0.6) is 0 Å². The van der Waals surface area contributed by atoms with Crippen LogP contribution in [-0.2, 0) is 23.7 Å². The van der Waals surface area contributed by atoms with Crippen molar-refractivity contribution < 1.29 is 64.6 Å². The molecule has 77 heavy (non-hydrogen) atoms. The number of hydrogen-bond donors (Lipinski definition) is 9. The minimum absolute atomic E-state index is 0.250. The number of unbranched alkanes of at least 4 members (excludes halogenated alkanes) is 10. The Balaban J connectivity index is 1.64. The predicted molar refractivity (Wildman–Crippen MR) is 308 cm³/mol. The fraction of sp³-hybridized carbons (Fsp3) is 0.635. The Hall–Kier alpha value is -3.87. The van der Waals surface area contributed by atoms with Crippen LogP contribution in [0.15, 0.2) is 134 Å². The van der Waals surface area contributed by atoms with Crippen molar-refractivity contribution in [3.63, 3.8) is 0 Å². The first kappa shape index (κ1) is 69.2. The molecule has 0 radical (unpaired) electrons. The van der Waals surface area contributed by atoms with Crippen LogP contribution in [0.2, 0.25) is 0 Å². The van der Waals surface area contributed by atoms with Gasteiger partial charge in [-0.1, -0.05) is 192 Å². The molecule has 12 unspecified atom stereocenters. The quantitative estimate of drug-likeness (QED) is 0.0205. The summed E-state index contributed by atoms with van der Waals surface area (Å²) in [5.41, 5.74) is 0. The molecular weight excluding hydrogens is 979 g/mol. The summed E-state index contributed by atoms with van der Waals surface area (Å²) in [7, 11) is 0. The van der Waals surface area contributed by atoms with Crippen LogP contribution in [0.4, 0.5) is 0 Å². The highest BCUT2D eigenvalue weighted by Gasteiger charge is 2.51. The number of aliphatic hydroxyl groups excluding tert-OH is 8. The highest BCUT2D eigenvalue weighted by molar-refractivity contribution is 5.76. The molecule has 2 heterocycles. The van der Waals surface area contributed by atoms with Gasteiger partial charge in [-0.05, 0) is 96.3 Å². The molecule has 2 aliphatic heterocycles. The molecule has 14 nitrogen and oxygen atoms in total. The maximum Gasteiger partial charge on any atom is 0.220 e. The first-order valence-corrected chi connectivity index (χ1v) is 28.9. The molecule has 12 atom stereocenters. The van der Waals surface area contributed by atoms with Crippen molar-refractivity contribution in [2.45, 2.75) is 235 Å². The number of carbonyl (C=O) groups is 1. The SMILES string of the molecule is CC/C=C\C/C=C\C/C=C\C/C=C\C/C=C\C/C=C\C/C=C\C/C=C\C/C=C\CCCCCCCCCC(=O)NC(COC1OC(CO)C(OC2OC(CO)C(O)C(O)C2O)C(O)C1O)C(O)/C=C/CC/C=C/CCCC. The average Bonchev–Trinajstić information content (AvgIpc) is 3.44. The van der Waals surface area contributed by atoms with Gasteiger partial charge >= 0.3 is 0 Å². The van der Waals surface area contributed by atoms with Crippen molar-refractivity contribution in [2.75, 3.05) is 19.8 Å². The predicted octanol–water partition coefficient (Wildman–Crippen LogP) is 9.60. The van der Waals surface area contributed by atoms with Gasteiger partial charge in [0.1, 0.15) is 48.8 Å². The second-order valence-electron chi connectivity index (χ2n) is 19.7. The topological polar surface area (TPSA) is 228 Å². The van der Waals surface area contributed by atoms with E-state index in [0.29, 0.717) is 12.8 Å². The second kappa shape index (κ2) is 47.0. The lowest BCUT2D eigenvalue weighted by Crippen LogP contribution is -2.65. The highest BCUT2D eigenvalue weighted by atomic mass is 16.7. The minimum Gasteiger partial charge on any atom is -0.394 e. The molecule has 436 valence electrons. The van der Waals surface area contributed by atoms with Crippen LogP contribution in [0.3, 0.4) is 0 Å². The monoisotopic (exact) mass is 1080 g/mol. The molecule has 0 bridgehead atoms. The van der Waals surface area contributed by atoms with Crippen LogP contribution >= 0.6 is 0 Å². The Morgan fingerprint density at radius 1 is 0.481 bits per heavy atom. The van der Waals surface area contributed by atoms with Crippen LogP contribution in [0.25, 0.3) is 0 Å². The summed E-state index contributed by atoms with van der Waals surface area (Å²) in [6.07, 6.45) is 52.5. The smallest absolute Gasteiger partial charge is 0.220 e. The summed E-state index contributed by atoms with van der Waals surface area (Å²) in [5.74, 6) is -0.272. The van der Waals surface area contributed by atoms with Crippen LogP contribution in [0.1, 0.15) is 162 Å². The Bertz CT molecular complexity index is 1800. The van der Waals surface area contributed by atoms with Gasteiger partial charge in [-0.2, -0.15) is 0 Å². The van der Waals surface area contributed by atoms with E-state index in [9.17, 15) is 45.6 Å². The van der Waals surface area contributed by atoms with Gasteiger partial charge in [-0.15, -0.1) is 0 Å². The van der Waals surface area contributed by atoms with Crippen molar-refractivity contribution in [2.24, 2.45) is 0 Å². The molecule has 9 N–H and O–H groups in total. The molecule has 2 rings (SSSR count). The lowest BCUT2D eigenvalue weighted by atomic mass is 9.97. The van der Waals surface area contributed by atoms with E-state index in [1.807, 2.05) is 6.08 Å². The number of aliphatic hydroxyl groups is 8. The van der Waals surface area contributed by atoms with Gasteiger partial charge in [0, 0.05) is 6.42 Å². The largest absolute Gasteiger partial charge is 0.394 e. The van der Waals surface area contributed by atoms with Gasteiger partial charge < -0.3 is 65.1 Å². The zero-order valence-corrected chi connectivity index (χ0v) is 46.6. The fourth-order valence-corrected chi connectivity index (χ4v) is 8.40. The van der Waals surface area contributed by atoms with E-state index in [4.69, 9.17) is 18.9 Å². The van der Waals surface area contributed by atoms with Crippen LogP contribution in [0, 0.1) is 0 Å². The van der Waals surface area contributed by atoms with Crippen molar-refractivity contribution >= 4 is 5.91 Å². The third kappa shape index (κ3) is 32.7. The minimum atomic E-state index is -1.80. The number of ether oxygens (including phenoxy) is 4. The lowest BCUT2D eigenvalue weighted by Gasteiger charge is -2.46. The normalized spacial score (nSPS) is 25.7.